The number of aromatic nitrogens is 3. The monoisotopic (exact) mass is 276 g/mol. The molecule has 2 aromatic rings. The first-order valence-corrected chi connectivity index (χ1v) is 5.62. The van der Waals surface area contributed by atoms with Gasteiger partial charge in [-0.05, 0) is 17.7 Å². The zero-order chi connectivity index (χ0) is 14.7. The molecule has 0 radical (unpaired) electrons. The molecule has 8 nitrogen and oxygen atoms in total. The van der Waals surface area contributed by atoms with Crippen LogP contribution in [0.4, 0.5) is 5.82 Å². The summed E-state index contributed by atoms with van der Waals surface area (Å²) in [5.41, 5.74) is 6.52. The van der Waals surface area contributed by atoms with Crippen molar-refractivity contribution in [2.24, 2.45) is 0 Å². The Morgan fingerprint density at radius 1 is 1.45 bits per heavy atom. The van der Waals surface area contributed by atoms with Crippen LogP contribution in [0.5, 0.6) is 0 Å². The molecule has 1 aromatic carbocycles. The van der Waals surface area contributed by atoms with E-state index in [0.29, 0.717) is 5.56 Å². The van der Waals surface area contributed by atoms with E-state index in [2.05, 4.69) is 15.0 Å². The van der Waals surface area contributed by atoms with Crippen molar-refractivity contribution in [3.05, 3.63) is 41.1 Å². The molecule has 0 fully saturated rings. The fourth-order valence-corrected chi connectivity index (χ4v) is 1.65. The molecule has 8 heteroatoms. The third-order valence-corrected chi connectivity index (χ3v) is 2.66. The third-order valence-electron chi connectivity index (χ3n) is 2.66. The number of nitrogens with two attached hydrogens (primary N) is 1. The van der Waals surface area contributed by atoms with E-state index in [1.165, 1.54) is 23.9 Å². The van der Waals surface area contributed by atoms with Crippen LogP contribution in [0.1, 0.15) is 26.4 Å². The van der Waals surface area contributed by atoms with Gasteiger partial charge in [0.15, 0.2) is 5.82 Å². The van der Waals surface area contributed by atoms with E-state index in [1.54, 1.807) is 12.1 Å². The van der Waals surface area contributed by atoms with Crippen LogP contribution in [0.3, 0.4) is 0 Å². The van der Waals surface area contributed by atoms with Crippen molar-refractivity contribution in [1.82, 2.24) is 15.0 Å². The average molecular weight is 276 g/mol. The van der Waals surface area contributed by atoms with Crippen molar-refractivity contribution in [3.63, 3.8) is 0 Å². The number of carbonyl (C=O) groups excluding carboxylic acids is 1. The van der Waals surface area contributed by atoms with Gasteiger partial charge in [0.1, 0.15) is 0 Å². The topological polar surface area (TPSA) is 120 Å². The number of ether oxygens (including phenoxy) is 1. The highest BCUT2D eigenvalue weighted by molar-refractivity contribution is 5.91. The predicted molar refractivity (Wildman–Crippen MR) is 68.3 cm³/mol. The Kier molecular flexibility index (Phi) is 3.65. The van der Waals surface area contributed by atoms with Gasteiger partial charge in [-0.3, -0.25) is 0 Å². The molecule has 3 N–H and O–H groups in total. The van der Waals surface area contributed by atoms with Crippen LogP contribution >= 0.6 is 0 Å². The summed E-state index contributed by atoms with van der Waals surface area (Å²) in [5.74, 6) is -1.63. The van der Waals surface area contributed by atoms with Gasteiger partial charge in [0.2, 0.25) is 5.69 Å². The molecule has 0 aliphatic carbocycles. The Morgan fingerprint density at radius 2 is 2.20 bits per heavy atom. The number of methoxy groups -OCH3 is 1. The smallest absolute Gasteiger partial charge is 0.362 e. The second-order valence-electron chi connectivity index (χ2n) is 3.98. The van der Waals surface area contributed by atoms with Crippen molar-refractivity contribution in [1.29, 1.82) is 0 Å². The molecule has 1 aromatic heterocycles. The van der Waals surface area contributed by atoms with Crippen molar-refractivity contribution < 1.29 is 19.4 Å². The van der Waals surface area contributed by atoms with E-state index in [1.807, 2.05) is 0 Å². The lowest BCUT2D eigenvalue weighted by Crippen LogP contribution is -2.10. The number of nitrogens with zero attached hydrogens (tertiary/aromatic N) is 3. The number of esters is 1. The molecule has 0 saturated carbocycles. The number of rotatable bonds is 4. The molecule has 0 saturated heterocycles. The number of hydrogen-bond acceptors (Lipinski definition) is 6. The SMILES string of the molecule is COC(=O)c1nnn(Cc2cccc(C(=O)O)c2)c1N. The van der Waals surface area contributed by atoms with Crippen LogP contribution in [-0.2, 0) is 11.3 Å². The molecule has 0 bridgehead atoms. The van der Waals surface area contributed by atoms with E-state index < -0.39 is 11.9 Å². The number of benzene rings is 1. The van der Waals surface area contributed by atoms with Crippen LogP contribution in [0, 0.1) is 0 Å². The Balaban J connectivity index is 2.27. The lowest BCUT2D eigenvalue weighted by molar-refractivity contribution is 0.0594. The molecule has 104 valence electrons. The maximum Gasteiger partial charge on any atom is 0.362 e. The number of nitrogen functional groups attached to an aromatic ring is 1. The highest BCUT2D eigenvalue weighted by atomic mass is 16.5. The minimum atomic E-state index is -1.02. The van der Waals surface area contributed by atoms with Gasteiger partial charge in [-0.2, -0.15) is 0 Å². The number of carboxylic acid groups (broad SMARTS) is 1. The first-order valence-electron chi connectivity index (χ1n) is 5.62. The van der Waals surface area contributed by atoms with Crippen LogP contribution < -0.4 is 5.73 Å². The molecule has 1 heterocycles. The number of carboxylic acids is 1. The molecule has 0 aliphatic heterocycles. The van der Waals surface area contributed by atoms with Crippen molar-refractivity contribution >= 4 is 17.8 Å². The molecular formula is C12H12N4O4. The van der Waals surface area contributed by atoms with Gasteiger partial charge < -0.3 is 15.6 Å². The molecule has 0 amide bonds. The van der Waals surface area contributed by atoms with E-state index in [9.17, 15) is 9.59 Å². The minimum Gasteiger partial charge on any atom is -0.478 e. The first-order chi connectivity index (χ1) is 9.52. The summed E-state index contributed by atoms with van der Waals surface area (Å²) in [4.78, 5) is 22.2. The lowest BCUT2D eigenvalue weighted by Gasteiger charge is -2.04. The number of carbonyl (C=O) groups is 2. The van der Waals surface area contributed by atoms with Gasteiger partial charge in [-0.1, -0.05) is 17.3 Å². The Morgan fingerprint density at radius 3 is 2.85 bits per heavy atom. The van der Waals surface area contributed by atoms with Crippen molar-refractivity contribution in [2.45, 2.75) is 6.54 Å². The fraction of sp³-hybridized carbons (Fsp3) is 0.167. The van der Waals surface area contributed by atoms with Crippen molar-refractivity contribution in [3.8, 4) is 0 Å². The maximum absolute atomic E-state index is 11.3. The summed E-state index contributed by atoms with van der Waals surface area (Å²) < 4.78 is 5.82. The molecule has 20 heavy (non-hydrogen) atoms. The first kappa shape index (κ1) is 13.5. The summed E-state index contributed by atoms with van der Waals surface area (Å²) in [7, 11) is 1.22. The lowest BCUT2D eigenvalue weighted by atomic mass is 10.1. The molecular weight excluding hydrogens is 264 g/mol. The average Bonchev–Trinajstić information content (AvgIpc) is 2.80. The van der Waals surface area contributed by atoms with Gasteiger partial charge in [-0.25, -0.2) is 14.3 Å². The third kappa shape index (κ3) is 2.58. The minimum absolute atomic E-state index is 0.0672. The quantitative estimate of drug-likeness (QED) is 0.775. The van der Waals surface area contributed by atoms with Crippen molar-refractivity contribution in [2.75, 3.05) is 12.8 Å². The van der Waals surface area contributed by atoms with Crippen LogP contribution in [0.25, 0.3) is 0 Å². The van der Waals surface area contributed by atoms with E-state index in [0.717, 1.165) is 0 Å². The normalized spacial score (nSPS) is 10.2. The summed E-state index contributed by atoms with van der Waals surface area (Å²) in [6.45, 7) is 0.205. The molecule has 0 aliphatic rings. The molecule has 0 unspecified atom stereocenters. The fourth-order valence-electron chi connectivity index (χ4n) is 1.65. The van der Waals surface area contributed by atoms with Gasteiger partial charge in [0, 0.05) is 0 Å². The summed E-state index contributed by atoms with van der Waals surface area (Å²) >= 11 is 0. The van der Waals surface area contributed by atoms with Gasteiger partial charge in [0.05, 0.1) is 19.2 Å². The van der Waals surface area contributed by atoms with Gasteiger partial charge >= 0.3 is 11.9 Å². The number of hydrogen-bond donors (Lipinski definition) is 2. The van der Waals surface area contributed by atoms with E-state index >= 15 is 0 Å². The largest absolute Gasteiger partial charge is 0.478 e. The van der Waals surface area contributed by atoms with Crippen LogP contribution in [-0.4, -0.2) is 39.1 Å². The summed E-state index contributed by atoms with van der Waals surface area (Å²) in [6.07, 6.45) is 0. The molecule has 0 spiro atoms. The Labute approximate surface area is 113 Å². The molecule has 0 atom stereocenters. The highest BCUT2D eigenvalue weighted by Gasteiger charge is 2.18. The van der Waals surface area contributed by atoms with Gasteiger partial charge in [-0.15, -0.1) is 5.10 Å². The van der Waals surface area contributed by atoms with Crippen LogP contribution in [0.15, 0.2) is 24.3 Å². The molecule has 2 rings (SSSR count). The number of aromatic carboxylic acids is 1. The number of anilines is 1. The Bertz CT molecular complexity index is 665. The maximum atomic E-state index is 11.3. The Hall–Kier alpha value is -2.90. The van der Waals surface area contributed by atoms with E-state index in [-0.39, 0.29) is 23.6 Å². The van der Waals surface area contributed by atoms with Gasteiger partial charge in [0.25, 0.3) is 0 Å². The highest BCUT2D eigenvalue weighted by Crippen LogP contribution is 2.13. The zero-order valence-corrected chi connectivity index (χ0v) is 10.6. The second kappa shape index (κ2) is 5.39. The summed E-state index contributed by atoms with van der Waals surface area (Å²) in [5, 5.41) is 16.3. The summed E-state index contributed by atoms with van der Waals surface area (Å²) in [6, 6.07) is 6.33. The standard InChI is InChI=1S/C12H12N4O4/c1-20-12(19)9-10(13)16(15-14-9)6-7-3-2-4-8(5-7)11(17)18/h2-5H,6,13H2,1H3,(H,17,18). The van der Waals surface area contributed by atoms with E-state index in [4.69, 9.17) is 10.8 Å². The zero-order valence-electron chi connectivity index (χ0n) is 10.6. The predicted octanol–water partition coefficient (Wildman–Crippen LogP) is 0.393. The van der Waals surface area contributed by atoms with Crippen LogP contribution in [0.2, 0.25) is 0 Å². The second-order valence-corrected chi connectivity index (χ2v) is 3.98.